The van der Waals surface area contributed by atoms with E-state index >= 15 is 0 Å². The number of benzene rings is 1. The van der Waals surface area contributed by atoms with Gasteiger partial charge in [-0.25, -0.2) is 8.42 Å². The Hall–Kier alpha value is -1.28. The maximum atomic E-state index is 12.4. The van der Waals surface area contributed by atoms with Crippen LogP contribution in [0.5, 0.6) is 0 Å². The van der Waals surface area contributed by atoms with Crippen molar-refractivity contribution in [2.75, 3.05) is 18.0 Å². The molecule has 8 heteroatoms. The molecule has 1 aliphatic heterocycles. The van der Waals surface area contributed by atoms with Gasteiger partial charge in [-0.1, -0.05) is 0 Å². The van der Waals surface area contributed by atoms with Crippen LogP contribution in [0.2, 0.25) is 0 Å². The number of hydrogen-bond donors (Lipinski definition) is 1. The molecule has 0 saturated carbocycles. The summed E-state index contributed by atoms with van der Waals surface area (Å²) < 4.78 is 59.6. The molecule has 0 spiro atoms. The van der Waals surface area contributed by atoms with Crippen molar-refractivity contribution in [3.8, 4) is 0 Å². The van der Waals surface area contributed by atoms with Crippen LogP contribution >= 0.6 is 0 Å². The third kappa shape index (κ3) is 2.90. The summed E-state index contributed by atoms with van der Waals surface area (Å²) in [5.74, 6) is 0. The van der Waals surface area contributed by atoms with Gasteiger partial charge >= 0.3 is 5.51 Å². The fourth-order valence-corrected chi connectivity index (χ4v) is 2.92. The number of piperidine rings is 1. The Balaban J connectivity index is 2.23. The fraction of sp³-hybridized carbons (Fsp3) is 0.500. The Labute approximate surface area is 114 Å². The molecular weight excluding hydrogens is 295 g/mol. The molecule has 1 fully saturated rings. The van der Waals surface area contributed by atoms with E-state index < -0.39 is 26.3 Å². The number of sulfone groups is 1. The molecule has 1 aromatic carbocycles. The number of halogens is 3. The molecule has 4 nitrogen and oxygen atoms in total. The van der Waals surface area contributed by atoms with Gasteiger partial charge in [-0.3, -0.25) is 0 Å². The average molecular weight is 309 g/mol. The molecule has 0 unspecified atom stereocenters. The zero-order valence-electron chi connectivity index (χ0n) is 10.5. The van der Waals surface area contributed by atoms with Gasteiger partial charge in [0.15, 0.2) is 0 Å². The predicted molar refractivity (Wildman–Crippen MR) is 67.1 cm³/mol. The Morgan fingerprint density at radius 2 is 1.80 bits per heavy atom. The van der Waals surface area contributed by atoms with Crippen LogP contribution in [0.4, 0.5) is 18.9 Å². The van der Waals surface area contributed by atoms with Crippen LogP contribution < -0.4 is 4.90 Å². The minimum absolute atomic E-state index is 0.394. The molecular formula is C12H14F3NO3S. The maximum Gasteiger partial charge on any atom is 0.501 e. The van der Waals surface area contributed by atoms with Gasteiger partial charge in [-0.2, -0.15) is 13.2 Å². The highest BCUT2D eigenvalue weighted by atomic mass is 32.2. The maximum absolute atomic E-state index is 12.4. The summed E-state index contributed by atoms with van der Waals surface area (Å²) in [7, 11) is -5.30. The van der Waals surface area contributed by atoms with Crippen LogP contribution in [0.15, 0.2) is 29.2 Å². The molecule has 112 valence electrons. The first-order valence-corrected chi connectivity index (χ1v) is 7.54. The van der Waals surface area contributed by atoms with Crippen LogP contribution in [0, 0.1) is 0 Å². The number of β-amino-alcohol motifs (C(OH)–C–C–N with tert-alkyl or cyclic N) is 1. The Bertz CT molecular complexity index is 569. The van der Waals surface area contributed by atoms with Gasteiger partial charge in [-0.15, -0.1) is 0 Å². The van der Waals surface area contributed by atoms with E-state index in [-0.39, 0.29) is 0 Å². The predicted octanol–water partition coefficient (Wildman–Crippen LogP) is 1.94. The summed E-state index contributed by atoms with van der Waals surface area (Å²) in [5.41, 5.74) is -4.69. The van der Waals surface area contributed by atoms with Crippen molar-refractivity contribution < 1.29 is 26.7 Å². The van der Waals surface area contributed by atoms with Gasteiger partial charge in [0.05, 0.1) is 11.0 Å². The van der Waals surface area contributed by atoms with Gasteiger partial charge in [0.2, 0.25) is 0 Å². The summed E-state index contributed by atoms with van der Waals surface area (Å²) in [5, 5.41) is 9.55. The van der Waals surface area contributed by atoms with E-state index in [0.29, 0.717) is 25.2 Å². The number of anilines is 1. The summed E-state index contributed by atoms with van der Waals surface area (Å²) in [6.45, 7) is 1.08. The van der Waals surface area contributed by atoms with Crippen molar-refractivity contribution in [1.82, 2.24) is 0 Å². The summed E-state index contributed by atoms with van der Waals surface area (Å²) in [6.07, 6.45) is 1.00. The minimum atomic E-state index is -5.30. The molecule has 0 amide bonds. The lowest BCUT2D eigenvalue weighted by molar-refractivity contribution is -0.0436. The number of nitrogens with zero attached hydrogens (tertiary/aromatic N) is 1. The first-order valence-electron chi connectivity index (χ1n) is 6.06. The van der Waals surface area contributed by atoms with Crippen molar-refractivity contribution >= 4 is 15.5 Å². The SMILES string of the molecule is O=S(=O)(c1ccc(N2CCC[C@H](O)C2)cc1)C(F)(F)F. The minimum Gasteiger partial charge on any atom is -0.391 e. The summed E-state index contributed by atoms with van der Waals surface area (Å²) in [6, 6.07) is 4.55. The van der Waals surface area contributed by atoms with E-state index in [2.05, 4.69) is 0 Å². The monoisotopic (exact) mass is 309 g/mol. The van der Waals surface area contributed by atoms with Crippen molar-refractivity contribution in [2.24, 2.45) is 0 Å². The molecule has 0 aromatic heterocycles. The smallest absolute Gasteiger partial charge is 0.391 e. The van der Waals surface area contributed by atoms with Crippen LogP contribution in [-0.4, -0.2) is 38.2 Å². The third-order valence-electron chi connectivity index (χ3n) is 3.21. The zero-order valence-corrected chi connectivity index (χ0v) is 11.3. The number of rotatable bonds is 2. The molecule has 1 aliphatic rings. The van der Waals surface area contributed by atoms with E-state index in [1.165, 1.54) is 12.1 Å². The molecule has 0 radical (unpaired) electrons. The van der Waals surface area contributed by atoms with Crippen molar-refractivity contribution in [3.05, 3.63) is 24.3 Å². The number of hydrogen-bond acceptors (Lipinski definition) is 4. The van der Waals surface area contributed by atoms with Gasteiger partial charge < -0.3 is 10.0 Å². The van der Waals surface area contributed by atoms with Crippen LogP contribution in [0.3, 0.4) is 0 Å². The standard InChI is InChI=1S/C12H14F3NO3S/c13-12(14,15)20(18,19)11-5-3-9(4-6-11)16-7-1-2-10(17)8-16/h3-6,10,17H,1-2,7-8H2/t10-/m0/s1. The second-order valence-corrected chi connectivity index (χ2v) is 6.63. The molecule has 0 bridgehead atoms. The van der Waals surface area contributed by atoms with E-state index in [1.807, 2.05) is 4.90 Å². The van der Waals surface area contributed by atoms with Gasteiger partial charge in [0, 0.05) is 18.8 Å². The Morgan fingerprint density at radius 3 is 2.30 bits per heavy atom. The first-order chi connectivity index (χ1) is 9.22. The topological polar surface area (TPSA) is 57.6 Å². The van der Waals surface area contributed by atoms with Crippen LogP contribution in [0.25, 0.3) is 0 Å². The molecule has 1 heterocycles. The Morgan fingerprint density at radius 1 is 1.20 bits per heavy atom. The summed E-state index contributed by atoms with van der Waals surface area (Å²) in [4.78, 5) is 1.05. The van der Waals surface area contributed by atoms with Crippen LogP contribution in [-0.2, 0) is 9.84 Å². The second-order valence-electron chi connectivity index (χ2n) is 4.69. The lowest BCUT2D eigenvalue weighted by Gasteiger charge is -2.32. The van der Waals surface area contributed by atoms with Crippen molar-refractivity contribution in [2.45, 2.75) is 29.3 Å². The van der Waals surface area contributed by atoms with Crippen molar-refractivity contribution in [3.63, 3.8) is 0 Å². The zero-order chi connectivity index (χ0) is 15.0. The summed E-state index contributed by atoms with van der Waals surface area (Å²) >= 11 is 0. The fourth-order valence-electron chi connectivity index (χ4n) is 2.16. The Kier molecular flexibility index (Phi) is 3.97. The van der Waals surface area contributed by atoms with E-state index in [9.17, 15) is 26.7 Å². The van der Waals surface area contributed by atoms with Crippen molar-refractivity contribution in [1.29, 1.82) is 0 Å². The highest BCUT2D eigenvalue weighted by molar-refractivity contribution is 7.92. The molecule has 1 saturated heterocycles. The highest BCUT2D eigenvalue weighted by Gasteiger charge is 2.46. The van der Waals surface area contributed by atoms with E-state index in [0.717, 1.165) is 18.6 Å². The largest absolute Gasteiger partial charge is 0.501 e. The number of aliphatic hydroxyl groups is 1. The average Bonchev–Trinajstić information content (AvgIpc) is 2.37. The van der Waals surface area contributed by atoms with Gasteiger partial charge in [0.25, 0.3) is 9.84 Å². The lowest BCUT2D eigenvalue weighted by Crippen LogP contribution is -2.38. The number of aliphatic hydroxyl groups excluding tert-OH is 1. The highest BCUT2D eigenvalue weighted by Crippen LogP contribution is 2.31. The van der Waals surface area contributed by atoms with Gasteiger partial charge in [-0.05, 0) is 37.1 Å². The normalized spacial score (nSPS) is 21.0. The molecule has 1 N–H and O–H groups in total. The second kappa shape index (κ2) is 5.25. The lowest BCUT2D eigenvalue weighted by atomic mass is 10.1. The molecule has 20 heavy (non-hydrogen) atoms. The molecule has 1 aromatic rings. The quantitative estimate of drug-likeness (QED) is 0.907. The molecule has 2 rings (SSSR count). The van der Waals surface area contributed by atoms with E-state index in [1.54, 1.807) is 0 Å². The molecule has 0 aliphatic carbocycles. The van der Waals surface area contributed by atoms with E-state index in [4.69, 9.17) is 0 Å². The number of alkyl halides is 3. The van der Waals surface area contributed by atoms with Gasteiger partial charge in [0.1, 0.15) is 0 Å². The first kappa shape index (κ1) is 15.1. The third-order valence-corrected chi connectivity index (χ3v) is 4.72. The van der Waals surface area contributed by atoms with Crippen LogP contribution in [0.1, 0.15) is 12.8 Å². The molecule has 1 atom stereocenters.